The zero-order valence-electron chi connectivity index (χ0n) is 10.5. The zero-order valence-corrected chi connectivity index (χ0v) is 11.2. The number of amides is 1. The molecule has 1 aliphatic heterocycles. The number of carbonyl (C=O) groups is 1. The van der Waals surface area contributed by atoms with Crippen LogP contribution in [0.2, 0.25) is 5.02 Å². The summed E-state index contributed by atoms with van der Waals surface area (Å²) in [4.78, 5) is 14.0. The molecular formula is C13H16ClFN2O. The third kappa shape index (κ3) is 2.82. The molecule has 1 aromatic carbocycles. The molecule has 1 saturated heterocycles. The summed E-state index contributed by atoms with van der Waals surface area (Å²) in [7, 11) is 0. The first-order chi connectivity index (χ1) is 8.39. The van der Waals surface area contributed by atoms with Gasteiger partial charge in [-0.05, 0) is 32.0 Å². The van der Waals surface area contributed by atoms with E-state index in [0.29, 0.717) is 18.7 Å². The molecule has 1 aliphatic rings. The molecule has 0 bridgehead atoms. The Kier molecular flexibility index (Phi) is 3.59. The predicted molar refractivity (Wildman–Crippen MR) is 69.4 cm³/mol. The molecule has 0 radical (unpaired) electrons. The van der Waals surface area contributed by atoms with E-state index in [2.05, 4.69) is 5.32 Å². The average Bonchev–Trinajstić information content (AvgIpc) is 2.30. The van der Waals surface area contributed by atoms with Crippen molar-refractivity contribution >= 4 is 17.5 Å². The van der Waals surface area contributed by atoms with Crippen LogP contribution in [0.5, 0.6) is 0 Å². The van der Waals surface area contributed by atoms with E-state index in [-0.39, 0.29) is 16.5 Å². The van der Waals surface area contributed by atoms with Gasteiger partial charge in [0.2, 0.25) is 0 Å². The van der Waals surface area contributed by atoms with Crippen LogP contribution in [0.25, 0.3) is 0 Å². The van der Waals surface area contributed by atoms with Gasteiger partial charge in [0.25, 0.3) is 5.91 Å². The standard InChI is InChI=1S/C13H16ClFN2O/c1-13(2)8-17(6-5-16-13)12(18)9-3-4-11(15)10(14)7-9/h3-4,7,16H,5-6,8H2,1-2H3. The monoisotopic (exact) mass is 270 g/mol. The molecular weight excluding hydrogens is 255 g/mol. The molecule has 1 aromatic rings. The first-order valence-corrected chi connectivity index (χ1v) is 6.26. The van der Waals surface area contributed by atoms with Crippen molar-refractivity contribution in [3.63, 3.8) is 0 Å². The van der Waals surface area contributed by atoms with Crippen LogP contribution in [-0.2, 0) is 0 Å². The topological polar surface area (TPSA) is 32.3 Å². The van der Waals surface area contributed by atoms with E-state index in [4.69, 9.17) is 11.6 Å². The fourth-order valence-electron chi connectivity index (χ4n) is 2.13. The molecule has 98 valence electrons. The third-order valence-electron chi connectivity index (χ3n) is 3.03. The van der Waals surface area contributed by atoms with Gasteiger partial charge in [0.1, 0.15) is 5.82 Å². The first-order valence-electron chi connectivity index (χ1n) is 5.88. The minimum atomic E-state index is -0.506. The summed E-state index contributed by atoms with van der Waals surface area (Å²) in [5.74, 6) is -0.611. The van der Waals surface area contributed by atoms with Crippen LogP contribution < -0.4 is 5.32 Å². The number of benzene rings is 1. The normalized spacial score (nSPS) is 18.8. The maximum Gasteiger partial charge on any atom is 0.254 e. The highest BCUT2D eigenvalue weighted by molar-refractivity contribution is 6.31. The Morgan fingerprint density at radius 3 is 2.83 bits per heavy atom. The molecule has 0 saturated carbocycles. The fourth-order valence-corrected chi connectivity index (χ4v) is 2.31. The molecule has 0 aliphatic carbocycles. The summed E-state index contributed by atoms with van der Waals surface area (Å²) >= 11 is 5.69. The lowest BCUT2D eigenvalue weighted by atomic mass is 10.0. The maximum absolute atomic E-state index is 13.1. The van der Waals surface area contributed by atoms with Gasteiger partial charge in [0, 0.05) is 30.7 Å². The quantitative estimate of drug-likeness (QED) is 0.849. The number of piperazine rings is 1. The van der Waals surface area contributed by atoms with E-state index in [1.165, 1.54) is 18.2 Å². The molecule has 0 spiro atoms. The average molecular weight is 271 g/mol. The van der Waals surface area contributed by atoms with E-state index < -0.39 is 5.82 Å². The number of rotatable bonds is 1. The molecule has 1 fully saturated rings. The van der Waals surface area contributed by atoms with Gasteiger partial charge in [-0.3, -0.25) is 4.79 Å². The van der Waals surface area contributed by atoms with Gasteiger partial charge in [-0.2, -0.15) is 0 Å². The second kappa shape index (κ2) is 4.86. The van der Waals surface area contributed by atoms with Gasteiger partial charge in [-0.1, -0.05) is 11.6 Å². The van der Waals surface area contributed by atoms with Gasteiger partial charge < -0.3 is 10.2 Å². The largest absolute Gasteiger partial charge is 0.336 e. The molecule has 1 heterocycles. The zero-order chi connectivity index (χ0) is 13.3. The van der Waals surface area contributed by atoms with Crippen molar-refractivity contribution in [3.05, 3.63) is 34.6 Å². The number of hydrogen-bond donors (Lipinski definition) is 1. The van der Waals surface area contributed by atoms with Crippen LogP contribution in [0.15, 0.2) is 18.2 Å². The third-order valence-corrected chi connectivity index (χ3v) is 3.31. The van der Waals surface area contributed by atoms with Crippen LogP contribution in [0.1, 0.15) is 24.2 Å². The van der Waals surface area contributed by atoms with Crippen LogP contribution in [0.3, 0.4) is 0 Å². The molecule has 18 heavy (non-hydrogen) atoms. The highest BCUT2D eigenvalue weighted by Crippen LogP contribution is 2.19. The van der Waals surface area contributed by atoms with Crippen molar-refractivity contribution < 1.29 is 9.18 Å². The van der Waals surface area contributed by atoms with Gasteiger partial charge in [-0.25, -0.2) is 4.39 Å². The van der Waals surface area contributed by atoms with E-state index in [0.717, 1.165) is 6.54 Å². The highest BCUT2D eigenvalue weighted by Gasteiger charge is 2.29. The Morgan fingerprint density at radius 2 is 2.22 bits per heavy atom. The van der Waals surface area contributed by atoms with Crippen molar-refractivity contribution in [1.29, 1.82) is 0 Å². The minimum Gasteiger partial charge on any atom is -0.336 e. The van der Waals surface area contributed by atoms with Gasteiger partial charge >= 0.3 is 0 Å². The molecule has 0 atom stereocenters. The number of hydrogen-bond acceptors (Lipinski definition) is 2. The molecule has 1 amide bonds. The summed E-state index contributed by atoms with van der Waals surface area (Å²) in [6.45, 7) is 6.12. The molecule has 0 unspecified atom stereocenters. The Morgan fingerprint density at radius 1 is 1.50 bits per heavy atom. The Bertz CT molecular complexity index is 476. The highest BCUT2D eigenvalue weighted by atomic mass is 35.5. The van der Waals surface area contributed by atoms with Crippen LogP contribution in [0.4, 0.5) is 4.39 Å². The number of carbonyl (C=O) groups excluding carboxylic acids is 1. The summed E-state index contributed by atoms with van der Waals surface area (Å²) in [5, 5.41) is 3.32. The van der Waals surface area contributed by atoms with Crippen molar-refractivity contribution in [2.75, 3.05) is 19.6 Å². The lowest BCUT2D eigenvalue weighted by Crippen LogP contribution is -2.58. The summed E-state index contributed by atoms with van der Waals surface area (Å²) in [6, 6.07) is 4.08. The fraction of sp³-hybridized carbons (Fsp3) is 0.462. The SMILES string of the molecule is CC1(C)CN(C(=O)c2ccc(F)c(Cl)c2)CCN1. The van der Waals surface area contributed by atoms with E-state index in [9.17, 15) is 9.18 Å². The van der Waals surface area contributed by atoms with E-state index >= 15 is 0 Å². The van der Waals surface area contributed by atoms with Crippen molar-refractivity contribution in [2.24, 2.45) is 0 Å². The van der Waals surface area contributed by atoms with Gasteiger partial charge in [0.05, 0.1) is 5.02 Å². The molecule has 2 rings (SSSR count). The lowest BCUT2D eigenvalue weighted by molar-refractivity contribution is 0.0652. The Balaban J connectivity index is 2.18. The Labute approximate surface area is 111 Å². The molecule has 1 N–H and O–H groups in total. The van der Waals surface area contributed by atoms with Crippen molar-refractivity contribution in [1.82, 2.24) is 10.2 Å². The van der Waals surface area contributed by atoms with E-state index in [1.54, 1.807) is 4.90 Å². The summed E-state index contributed by atoms with van der Waals surface area (Å²) in [5.41, 5.74) is 0.330. The first kappa shape index (κ1) is 13.3. The minimum absolute atomic E-state index is 0.0183. The van der Waals surface area contributed by atoms with Gasteiger partial charge in [-0.15, -0.1) is 0 Å². The van der Waals surface area contributed by atoms with Crippen molar-refractivity contribution in [2.45, 2.75) is 19.4 Å². The Hall–Kier alpha value is -1.13. The lowest BCUT2D eigenvalue weighted by Gasteiger charge is -2.39. The predicted octanol–water partition coefficient (Wildman–Crippen LogP) is 2.30. The second-order valence-electron chi connectivity index (χ2n) is 5.17. The van der Waals surface area contributed by atoms with E-state index in [1.807, 2.05) is 13.8 Å². The number of halogens is 2. The van der Waals surface area contributed by atoms with Gasteiger partial charge in [0.15, 0.2) is 0 Å². The smallest absolute Gasteiger partial charge is 0.254 e. The number of nitrogens with zero attached hydrogens (tertiary/aromatic N) is 1. The second-order valence-corrected chi connectivity index (χ2v) is 5.57. The van der Waals surface area contributed by atoms with Crippen LogP contribution in [-0.4, -0.2) is 36.0 Å². The summed E-state index contributed by atoms with van der Waals surface area (Å²) in [6.07, 6.45) is 0. The van der Waals surface area contributed by atoms with Crippen LogP contribution in [0, 0.1) is 5.82 Å². The van der Waals surface area contributed by atoms with Crippen LogP contribution >= 0.6 is 11.6 Å². The molecule has 5 heteroatoms. The summed E-state index contributed by atoms with van der Waals surface area (Å²) < 4.78 is 13.1. The molecule has 3 nitrogen and oxygen atoms in total. The number of nitrogens with one attached hydrogen (secondary N) is 1. The van der Waals surface area contributed by atoms with Crippen molar-refractivity contribution in [3.8, 4) is 0 Å². The maximum atomic E-state index is 13.1. The molecule has 0 aromatic heterocycles.